The van der Waals surface area contributed by atoms with Gasteiger partial charge in [0.25, 0.3) is 0 Å². The summed E-state index contributed by atoms with van der Waals surface area (Å²) < 4.78 is 0. The van der Waals surface area contributed by atoms with Crippen LogP contribution in [0.5, 0.6) is 0 Å². The summed E-state index contributed by atoms with van der Waals surface area (Å²) in [5, 5.41) is 23.9. The van der Waals surface area contributed by atoms with Gasteiger partial charge in [0.1, 0.15) is 6.42 Å². The molecule has 2 unspecified atom stereocenters. The Balaban J connectivity index is 3.63. The second-order valence-electron chi connectivity index (χ2n) is 4.92. The van der Waals surface area contributed by atoms with Crippen LogP contribution in [0.3, 0.4) is 0 Å². The first-order chi connectivity index (χ1) is 9.99. The van der Waals surface area contributed by atoms with Crippen LogP contribution >= 0.6 is 0 Å². The first-order valence-corrected chi connectivity index (χ1v) is 7.29. The van der Waals surface area contributed by atoms with Gasteiger partial charge in [-0.1, -0.05) is 0 Å². The van der Waals surface area contributed by atoms with Crippen LogP contribution in [0.2, 0.25) is 0 Å². The van der Waals surface area contributed by atoms with E-state index in [4.69, 9.17) is 11.5 Å². The van der Waals surface area contributed by atoms with Crippen molar-refractivity contribution in [3.63, 3.8) is 0 Å². The molecule has 0 saturated heterocycles. The second kappa shape index (κ2) is 12.5. The van der Waals surface area contributed by atoms with Gasteiger partial charge >= 0.3 is 0 Å². The van der Waals surface area contributed by atoms with Gasteiger partial charge in [0.2, 0.25) is 11.8 Å². The summed E-state index contributed by atoms with van der Waals surface area (Å²) >= 11 is 0. The average molecular weight is 304 g/mol. The van der Waals surface area contributed by atoms with Crippen molar-refractivity contribution < 1.29 is 19.8 Å². The lowest BCUT2D eigenvalue weighted by atomic mass is 10.2. The molecule has 8 heteroatoms. The molecule has 0 rings (SSSR count). The number of rotatable bonds is 12. The normalized spacial score (nSPS) is 13.5. The summed E-state index contributed by atoms with van der Waals surface area (Å²) in [5.41, 5.74) is 10.6. The van der Waals surface area contributed by atoms with E-state index >= 15 is 0 Å². The first-order valence-electron chi connectivity index (χ1n) is 7.29. The molecule has 0 fully saturated rings. The summed E-state index contributed by atoms with van der Waals surface area (Å²) in [6.45, 7) is 1.41. The molecular weight excluding hydrogens is 276 g/mol. The maximum absolute atomic E-state index is 11.4. The van der Waals surface area contributed by atoms with Crippen LogP contribution in [0.1, 0.15) is 32.1 Å². The smallest absolute Gasteiger partial charge is 0.229 e. The van der Waals surface area contributed by atoms with Crippen LogP contribution < -0.4 is 22.1 Å². The van der Waals surface area contributed by atoms with Crippen molar-refractivity contribution in [2.24, 2.45) is 11.5 Å². The number of nitrogens with one attached hydrogen (secondary N) is 2. The van der Waals surface area contributed by atoms with Gasteiger partial charge in [-0.2, -0.15) is 0 Å². The molecular formula is C13H28N4O4. The van der Waals surface area contributed by atoms with E-state index in [1.807, 2.05) is 0 Å². The summed E-state index contributed by atoms with van der Waals surface area (Å²) in [7, 11) is 0. The Hall–Kier alpha value is -1.22. The van der Waals surface area contributed by atoms with E-state index in [0.717, 1.165) is 0 Å². The van der Waals surface area contributed by atoms with E-state index in [2.05, 4.69) is 10.6 Å². The lowest BCUT2D eigenvalue weighted by Crippen LogP contribution is -2.34. The van der Waals surface area contributed by atoms with Gasteiger partial charge in [0.15, 0.2) is 0 Å². The molecule has 0 aromatic heterocycles. The van der Waals surface area contributed by atoms with E-state index in [0.29, 0.717) is 51.9 Å². The van der Waals surface area contributed by atoms with Crippen molar-refractivity contribution in [3.05, 3.63) is 0 Å². The van der Waals surface area contributed by atoms with Gasteiger partial charge in [0.05, 0.1) is 12.2 Å². The van der Waals surface area contributed by atoms with Crippen molar-refractivity contribution in [1.29, 1.82) is 0 Å². The molecule has 0 bridgehead atoms. The lowest BCUT2D eigenvalue weighted by molar-refractivity contribution is -0.129. The molecule has 21 heavy (non-hydrogen) atoms. The summed E-state index contributed by atoms with van der Waals surface area (Å²) in [6, 6.07) is 0. The lowest BCUT2D eigenvalue weighted by Gasteiger charge is -2.11. The number of hydrogen-bond donors (Lipinski definition) is 6. The van der Waals surface area contributed by atoms with Crippen molar-refractivity contribution in [2.45, 2.75) is 44.3 Å². The quantitative estimate of drug-likeness (QED) is 0.225. The van der Waals surface area contributed by atoms with Gasteiger partial charge in [-0.15, -0.1) is 0 Å². The Morgan fingerprint density at radius 3 is 1.52 bits per heavy atom. The van der Waals surface area contributed by atoms with E-state index in [-0.39, 0.29) is 6.42 Å². The van der Waals surface area contributed by atoms with Crippen LogP contribution in [0.15, 0.2) is 0 Å². The van der Waals surface area contributed by atoms with Gasteiger partial charge in [-0.3, -0.25) is 9.59 Å². The van der Waals surface area contributed by atoms with Gasteiger partial charge in [-0.05, 0) is 38.8 Å². The Kier molecular flexibility index (Phi) is 11.8. The third-order valence-electron chi connectivity index (χ3n) is 2.92. The molecule has 0 spiro atoms. The van der Waals surface area contributed by atoms with Crippen molar-refractivity contribution in [1.82, 2.24) is 10.6 Å². The predicted octanol–water partition coefficient (Wildman–Crippen LogP) is -2.19. The maximum atomic E-state index is 11.4. The fourth-order valence-corrected chi connectivity index (χ4v) is 1.70. The van der Waals surface area contributed by atoms with Crippen molar-refractivity contribution in [3.8, 4) is 0 Å². The van der Waals surface area contributed by atoms with Crippen LogP contribution in [0, 0.1) is 0 Å². The number of hydrogen-bond acceptors (Lipinski definition) is 6. The van der Waals surface area contributed by atoms with Crippen LogP contribution in [-0.4, -0.2) is 60.4 Å². The highest BCUT2D eigenvalue weighted by Gasteiger charge is 2.10. The van der Waals surface area contributed by atoms with Crippen LogP contribution in [-0.2, 0) is 9.59 Å². The second-order valence-corrected chi connectivity index (χ2v) is 4.92. The predicted molar refractivity (Wildman–Crippen MR) is 79.2 cm³/mol. The van der Waals surface area contributed by atoms with Crippen molar-refractivity contribution >= 4 is 11.8 Å². The Bertz CT molecular complexity index is 274. The van der Waals surface area contributed by atoms with Gasteiger partial charge < -0.3 is 32.3 Å². The van der Waals surface area contributed by atoms with Crippen LogP contribution in [0.25, 0.3) is 0 Å². The molecule has 0 aromatic carbocycles. The Morgan fingerprint density at radius 1 is 0.810 bits per heavy atom. The van der Waals surface area contributed by atoms with E-state index < -0.39 is 24.0 Å². The van der Waals surface area contributed by atoms with Gasteiger partial charge in [-0.25, -0.2) is 0 Å². The average Bonchev–Trinajstić information content (AvgIpc) is 2.39. The molecule has 2 atom stereocenters. The fourth-order valence-electron chi connectivity index (χ4n) is 1.70. The molecule has 0 aliphatic heterocycles. The zero-order valence-electron chi connectivity index (χ0n) is 12.4. The standard InChI is InChI=1S/C13H28N4O4/c14-5-1-10(18)3-7-16-12(20)9-13(21)17-8-4-11(19)2-6-15/h10-11,18-19H,1-9,14-15H2,(H,16,20)(H,17,21). The first kappa shape index (κ1) is 19.8. The highest BCUT2D eigenvalue weighted by molar-refractivity contribution is 5.96. The van der Waals surface area contributed by atoms with Crippen LogP contribution in [0.4, 0.5) is 0 Å². The molecule has 124 valence electrons. The minimum absolute atomic E-state index is 0.264. The molecule has 8 N–H and O–H groups in total. The topological polar surface area (TPSA) is 151 Å². The molecule has 0 heterocycles. The zero-order chi connectivity index (χ0) is 16.1. The minimum Gasteiger partial charge on any atom is -0.393 e. The number of nitrogens with two attached hydrogens (primary N) is 2. The SMILES string of the molecule is NCCC(O)CCNC(=O)CC(=O)NCCC(O)CCN. The Morgan fingerprint density at radius 2 is 1.19 bits per heavy atom. The Labute approximate surface area is 125 Å². The number of amides is 2. The number of carbonyl (C=O) groups is 2. The zero-order valence-corrected chi connectivity index (χ0v) is 12.4. The summed E-state index contributed by atoms with van der Waals surface area (Å²) in [4.78, 5) is 22.9. The third kappa shape index (κ3) is 12.2. The van der Waals surface area contributed by atoms with E-state index in [1.54, 1.807) is 0 Å². The molecule has 2 amide bonds. The number of aliphatic hydroxyl groups is 2. The minimum atomic E-state index is -0.534. The third-order valence-corrected chi connectivity index (χ3v) is 2.92. The molecule has 0 aromatic rings. The van der Waals surface area contributed by atoms with E-state index in [9.17, 15) is 19.8 Å². The molecule has 0 radical (unpaired) electrons. The summed E-state index contributed by atoms with van der Waals surface area (Å²) in [6.07, 6.45) is 0.468. The van der Waals surface area contributed by atoms with E-state index in [1.165, 1.54) is 0 Å². The number of aliphatic hydroxyl groups excluding tert-OH is 2. The maximum Gasteiger partial charge on any atom is 0.229 e. The van der Waals surface area contributed by atoms with Gasteiger partial charge in [0, 0.05) is 13.1 Å². The molecule has 0 aliphatic rings. The summed E-state index contributed by atoms with van der Waals surface area (Å²) in [5.74, 6) is -0.787. The monoisotopic (exact) mass is 304 g/mol. The highest BCUT2D eigenvalue weighted by Crippen LogP contribution is 1.95. The van der Waals surface area contributed by atoms with Crippen molar-refractivity contribution in [2.75, 3.05) is 26.2 Å². The fraction of sp³-hybridized carbons (Fsp3) is 0.846. The highest BCUT2D eigenvalue weighted by atomic mass is 16.3. The molecule has 8 nitrogen and oxygen atoms in total. The molecule has 0 aliphatic carbocycles. The largest absolute Gasteiger partial charge is 0.393 e. The number of carbonyl (C=O) groups excluding carboxylic acids is 2. The molecule has 0 saturated carbocycles.